The van der Waals surface area contributed by atoms with Crippen molar-refractivity contribution in [3.05, 3.63) is 21.3 Å². The lowest BCUT2D eigenvalue weighted by Gasteiger charge is -1.89. The fourth-order valence-corrected chi connectivity index (χ4v) is 1.62. The van der Waals surface area contributed by atoms with Gasteiger partial charge in [0.05, 0.1) is 10.9 Å². The van der Waals surface area contributed by atoms with E-state index in [4.69, 9.17) is 23.1 Å². The molecule has 0 saturated carbocycles. The van der Waals surface area contributed by atoms with Crippen LogP contribution in [-0.2, 0) is 6.54 Å². The number of hydrogen-bond acceptors (Lipinski definition) is 2. The maximum atomic E-state index is 5.68. The highest BCUT2D eigenvalue weighted by molar-refractivity contribution is 14.0. The fraction of sp³-hybridized carbons (Fsp3) is 0.167. The van der Waals surface area contributed by atoms with E-state index in [1.165, 1.54) is 11.3 Å². The zero-order valence-electron chi connectivity index (χ0n) is 6.16. The van der Waals surface area contributed by atoms with Crippen molar-refractivity contribution in [2.45, 2.75) is 6.54 Å². The maximum absolute atomic E-state index is 5.68. The van der Waals surface area contributed by atoms with E-state index in [0.29, 0.717) is 6.54 Å². The number of halogens is 2. The van der Waals surface area contributed by atoms with E-state index in [0.717, 1.165) is 9.21 Å². The molecule has 0 radical (unpaired) electrons. The van der Waals surface area contributed by atoms with Gasteiger partial charge in [0.1, 0.15) is 0 Å². The highest BCUT2D eigenvalue weighted by Gasteiger charge is 1.95. The second-order valence-electron chi connectivity index (χ2n) is 1.95. The van der Waals surface area contributed by atoms with Crippen LogP contribution in [0.1, 0.15) is 4.88 Å². The molecular weight excluding hydrogens is 309 g/mol. The molecule has 0 unspecified atom stereocenters. The predicted octanol–water partition coefficient (Wildman–Crippen LogP) is 1.79. The van der Waals surface area contributed by atoms with Crippen LogP contribution >= 0.6 is 46.9 Å². The molecular formula is C6H9ClIN3S. The molecule has 1 heterocycles. The Bertz CT molecular complexity index is 270. The topological polar surface area (TPSA) is 64.4 Å². The standard InChI is InChI=1S/C6H8ClN3S.HI/c7-5-2-1-4(11-5)3-10-6(8)9;/h1-2H,3H2,(H4,8,9,10);1H. The lowest BCUT2D eigenvalue weighted by atomic mass is 10.5. The van der Waals surface area contributed by atoms with Crippen molar-refractivity contribution in [3.63, 3.8) is 0 Å². The molecule has 0 spiro atoms. The van der Waals surface area contributed by atoms with Gasteiger partial charge < -0.3 is 11.5 Å². The van der Waals surface area contributed by atoms with Gasteiger partial charge in [0.15, 0.2) is 5.96 Å². The molecule has 1 rings (SSSR count). The first-order valence-electron chi connectivity index (χ1n) is 2.98. The molecule has 12 heavy (non-hydrogen) atoms. The molecule has 0 bridgehead atoms. The summed E-state index contributed by atoms with van der Waals surface area (Å²) in [5.41, 5.74) is 10.3. The monoisotopic (exact) mass is 317 g/mol. The van der Waals surface area contributed by atoms with E-state index in [-0.39, 0.29) is 29.9 Å². The second-order valence-corrected chi connectivity index (χ2v) is 3.75. The number of nitrogens with zero attached hydrogens (tertiary/aromatic N) is 1. The molecule has 0 aromatic carbocycles. The number of hydrogen-bond donors (Lipinski definition) is 2. The van der Waals surface area contributed by atoms with Crippen molar-refractivity contribution >= 4 is 52.9 Å². The third-order valence-corrected chi connectivity index (χ3v) is 2.26. The first-order chi connectivity index (χ1) is 5.18. The second kappa shape index (κ2) is 5.60. The third-order valence-electron chi connectivity index (χ3n) is 1.05. The highest BCUT2D eigenvalue weighted by atomic mass is 127. The van der Waals surface area contributed by atoms with Crippen molar-refractivity contribution in [2.75, 3.05) is 0 Å². The highest BCUT2D eigenvalue weighted by Crippen LogP contribution is 2.21. The van der Waals surface area contributed by atoms with Crippen LogP contribution in [-0.4, -0.2) is 5.96 Å². The Balaban J connectivity index is 0.00000121. The van der Waals surface area contributed by atoms with Gasteiger partial charge in [0.2, 0.25) is 0 Å². The Morgan fingerprint density at radius 3 is 2.58 bits per heavy atom. The summed E-state index contributed by atoms with van der Waals surface area (Å²) < 4.78 is 0.755. The summed E-state index contributed by atoms with van der Waals surface area (Å²) in [6.45, 7) is 0.514. The molecule has 4 N–H and O–H groups in total. The molecule has 0 aliphatic heterocycles. The van der Waals surface area contributed by atoms with Gasteiger partial charge in [-0.25, -0.2) is 4.99 Å². The lowest BCUT2D eigenvalue weighted by Crippen LogP contribution is -2.22. The van der Waals surface area contributed by atoms with Gasteiger partial charge in [0.25, 0.3) is 0 Å². The van der Waals surface area contributed by atoms with Gasteiger partial charge in [-0.2, -0.15) is 0 Å². The van der Waals surface area contributed by atoms with Crippen molar-refractivity contribution in [1.82, 2.24) is 0 Å². The van der Waals surface area contributed by atoms with Crippen LogP contribution in [0.15, 0.2) is 17.1 Å². The summed E-state index contributed by atoms with van der Waals surface area (Å²) >= 11 is 7.16. The number of guanidine groups is 1. The molecule has 6 heteroatoms. The van der Waals surface area contributed by atoms with Crippen molar-refractivity contribution < 1.29 is 0 Å². The molecule has 0 amide bonds. The van der Waals surface area contributed by atoms with Crippen LogP contribution in [0.25, 0.3) is 0 Å². The Hall–Kier alpha value is -0.0100. The Kier molecular flexibility index (Phi) is 5.60. The predicted molar refractivity (Wildman–Crippen MR) is 64.3 cm³/mol. The van der Waals surface area contributed by atoms with Crippen LogP contribution in [0.2, 0.25) is 4.34 Å². The maximum Gasteiger partial charge on any atom is 0.186 e. The molecule has 0 fully saturated rings. The van der Waals surface area contributed by atoms with E-state index in [1.807, 2.05) is 12.1 Å². The van der Waals surface area contributed by atoms with E-state index >= 15 is 0 Å². The van der Waals surface area contributed by atoms with Crippen molar-refractivity contribution in [3.8, 4) is 0 Å². The molecule has 0 aliphatic carbocycles. The summed E-state index contributed by atoms with van der Waals surface area (Å²) in [6.07, 6.45) is 0. The van der Waals surface area contributed by atoms with Crippen LogP contribution < -0.4 is 11.5 Å². The van der Waals surface area contributed by atoms with Crippen LogP contribution in [0, 0.1) is 0 Å². The Morgan fingerprint density at radius 1 is 1.50 bits per heavy atom. The molecule has 0 atom stereocenters. The minimum absolute atomic E-state index is 0. The first kappa shape index (κ1) is 12.0. The SMILES string of the molecule is I.NC(N)=NCc1ccc(Cl)s1. The van der Waals surface area contributed by atoms with Gasteiger partial charge in [-0.3, -0.25) is 0 Å². The van der Waals surface area contributed by atoms with Gasteiger partial charge in [-0.1, -0.05) is 11.6 Å². The molecule has 68 valence electrons. The number of aliphatic imine (C=N–C) groups is 1. The van der Waals surface area contributed by atoms with Gasteiger partial charge in [-0.15, -0.1) is 35.3 Å². The van der Waals surface area contributed by atoms with Crippen LogP contribution in [0.3, 0.4) is 0 Å². The summed E-state index contributed by atoms with van der Waals surface area (Å²) in [5, 5.41) is 0. The minimum atomic E-state index is 0. The number of thiophene rings is 1. The smallest absolute Gasteiger partial charge is 0.186 e. The van der Waals surface area contributed by atoms with Crippen molar-refractivity contribution in [2.24, 2.45) is 16.5 Å². The van der Waals surface area contributed by atoms with Crippen LogP contribution in [0.5, 0.6) is 0 Å². The first-order valence-corrected chi connectivity index (χ1v) is 4.17. The molecule has 0 saturated heterocycles. The van der Waals surface area contributed by atoms with E-state index in [2.05, 4.69) is 4.99 Å². The Morgan fingerprint density at radius 2 is 2.17 bits per heavy atom. The Labute approximate surface area is 96.8 Å². The van der Waals surface area contributed by atoms with Crippen LogP contribution in [0.4, 0.5) is 0 Å². The lowest BCUT2D eigenvalue weighted by molar-refractivity contribution is 1.09. The normalized spacial score (nSPS) is 8.75. The number of rotatable bonds is 2. The average molecular weight is 318 g/mol. The summed E-state index contributed by atoms with van der Waals surface area (Å²) in [6, 6.07) is 3.73. The number of nitrogens with two attached hydrogens (primary N) is 2. The molecule has 1 aromatic rings. The summed E-state index contributed by atoms with van der Waals surface area (Å²) in [4.78, 5) is 4.89. The quantitative estimate of drug-likeness (QED) is 0.496. The minimum Gasteiger partial charge on any atom is -0.370 e. The largest absolute Gasteiger partial charge is 0.370 e. The average Bonchev–Trinajstić information content (AvgIpc) is 2.31. The molecule has 3 nitrogen and oxygen atoms in total. The van der Waals surface area contributed by atoms with E-state index in [1.54, 1.807) is 0 Å². The molecule has 0 aliphatic rings. The van der Waals surface area contributed by atoms with Gasteiger partial charge in [-0.05, 0) is 12.1 Å². The van der Waals surface area contributed by atoms with E-state index < -0.39 is 0 Å². The summed E-state index contributed by atoms with van der Waals surface area (Å²) in [5.74, 6) is 0.106. The van der Waals surface area contributed by atoms with Gasteiger partial charge >= 0.3 is 0 Å². The van der Waals surface area contributed by atoms with Gasteiger partial charge in [0, 0.05) is 4.88 Å². The fourth-order valence-electron chi connectivity index (χ4n) is 0.606. The van der Waals surface area contributed by atoms with Crippen molar-refractivity contribution in [1.29, 1.82) is 0 Å². The third kappa shape index (κ3) is 4.13. The summed E-state index contributed by atoms with van der Waals surface area (Å²) in [7, 11) is 0. The zero-order valence-corrected chi connectivity index (χ0v) is 10.1. The molecule has 1 aromatic heterocycles. The van der Waals surface area contributed by atoms with E-state index in [9.17, 15) is 0 Å². The zero-order chi connectivity index (χ0) is 8.27.